The molecule has 6 nitrogen and oxygen atoms in total. The van der Waals surface area contributed by atoms with Crippen molar-refractivity contribution >= 4 is 23.4 Å². The molecule has 0 aliphatic carbocycles. The van der Waals surface area contributed by atoms with Crippen LogP contribution in [0.3, 0.4) is 0 Å². The van der Waals surface area contributed by atoms with Gasteiger partial charge >= 0.3 is 0 Å². The lowest BCUT2D eigenvalue weighted by atomic mass is 9.91. The number of piperazine rings is 1. The lowest BCUT2D eigenvalue weighted by Gasteiger charge is -2.36. The second kappa shape index (κ2) is 7.71. The molecule has 2 aliphatic rings. The Kier molecular flexibility index (Phi) is 5.53. The average molecular weight is 371 g/mol. The van der Waals surface area contributed by atoms with Crippen molar-refractivity contribution in [3.63, 3.8) is 0 Å². The molecule has 0 spiro atoms. The standard InChI is InChI=1S/C21H29N3O3/c1-21(2,3)14-20(27)24-10-8-23(9-11-24)19(26)13-15-4-6-17-16(12-15)5-7-18(25)22-17/h4,6,12H,5,7-11,13-14H2,1-3H3,(H,22,25). The molecule has 146 valence electrons. The third-order valence-electron chi connectivity index (χ3n) is 5.09. The Morgan fingerprint density at radius 3 is 2.26 bits per heavy atom. The molecule has 6 heteroatoms. The number of amides is 3. The van der Waals surface area contributed by atoms with Gasteiger partial charge in [0, 0.05) is 44.7 Å². The molecule has 1 fully saturated rings. The van der Waals surface area contributed by atoms with Crippen LogP contribution in [-0.2, 0) is 27.2 Å². The maximum absolute atomic E-state index is 12.6. The van der Waals surface area contributed by atoms with Crippen molar-refractivity contribution in [3.8, 4) is 0 Å². The second-order valence-corrected chi connectivity index (χ2v) is 8.72. The summed E-state index contributed by atoms with van der Waals surface area (Å²) in [7, 11) is 0. The number of rotatable bonds is 3. The van der Waals surface area contributed by atoms with E-state index in [9.17, 15) is 14.4 Å². The van der Waals surface area contributed by atoms with Gasteiger partial charge in [0.2, 0.25) is 17.7 Å². The van der Waals surface area contributed by atoms with Gasteiger partial charge in [-0.3, -0.25) is 14.4 Å². The van der Waals surface area contributed by atoms with E-state index in [0.717, 1.165) is 23.2 Å². The van der Waals surface area contributed by atoms with Crippen LogP contribution in [0, 0.1) is 5.41 Å². The number of benzene rings is 1. The molecule has 27 heavy (non-hydrogen) atoms. The van der Waals surface area contributed by atoms with E-state index in [-0.39, 0.29) is 23.1 Å². The van der Waals surface area contributed by atoms with Crippen LogP contribution in [0.1, 0.15) is 44.7 Å². The van der Waals surface area contributed by atoms with E-state index < -0.39 is 0 Å². The molecule has 3 rings (SSSR count). The summed E-state index contributed by atoms with van der Waals surface area (Å²) < 4.78 is 0. The lowest BCUT2D eigenvalue weighted by Crippen LogP contribution is -2.51. The zero-order valence-electron chi connectivity index (χ0n) is 16.5. The summed E-state index contributed by atoms with van der Waals surface area (Å²) in [6, 6.07) is 5.82. The van der Waals surface area contributed by atoms with Gasteiger partial charge in [-0.2, -0.15) is 0 Å². The zero-order chi connectivity index (χ0) is 19.6. The molecule has 0 unspecified atom stereocenters. The Bertz CT molecular complexity index is 744. The smallest absolute Gasteiger partial charge is 0.227 e. The minimum atomic E-state index is -0.0179. The Morgan fingerprint density at radius 2 is 1.63 bits per heavy atom. The van der Waals surface area contributed by atoms with Crippen molar-refractivity contribution < 1.29 is 14.4 Å². The summed E-state index contributed by atoms with van der Waals surface area (Å²) in [5.41, 5.74) is 2.91. The van der Waals surface area contributed by atoms with Gasteiger partial charge in [-0.25, -0.2) is 0 Å². The first-order valence-electron chi connectivity index (χ1n) is 9.68. The summed E-state index contributed by atoms with van der Waals surface area (Å²) in [6.07, 6.45) is 2.11. The molecule has 1 N–H and O–H groups in total. The van der Waals surface area contributed by atoms with Crippen molar-refractivity contribution in [2.24, 2.45) is 5.41 Å². The first-order chi connectivity index (χ1) is 12.7. The fraction of sp³-hybridized carbons (Fsp3) is 0.571. The van der Waals surface area contributed by atoms with Gasteiger partial charge in [0.25, 0.3) is 0 Å². The summed E-state index contributed by atoms with van der Waals surface area (Å²) in [6.45, 7) is 8.59. The van der Waals surface area contributed by atoms with E-state index in [1.807, 2.05) is 28.0 Å². The number of anilines is 1. The van der Waals surface area contributed by atoms with Crippen LogP contribution in [-0.4, -0.2) is 53.7 Å². The van der Waals surface area contributed by atoms with E-state index in [0.29, 0.717) is 45.4 Å². The Morgan fingerprint density at radius 1 is 1.00 bits per heavy atom. The number of nitrogens with zero attached hydrogens (tertiary/aromatic N) is 2. The van der Waals surface area contributed by atoms with Gasteiger partial charge in [0.1, 0.15) is 0 Å². The van der Waals surface area contributed by atoms with Crippen LogP contribution in [0.2, 0.25) is 0 Å². The zero-order valence-corrected chi connectivity index (χ0v) is 16.5. The highest BCUT2D eigenvalue weighted by molar-refractivity contribution is 5.94. The quantitative estimate of drug-likeness (QED) is 0.886. The molecular weight excluding hydrogens is 342 g/mol. The molecule has 0 saturated carbocycles. The van der Waals surface area contributed by atoms with E-state index in [1.165, 1.54) is 0 Å². The fourth-order valence-electron chi connectivity index (χ4n) is 3.60. The Hall–Kier alpha value is -2.37. The minimum absolute atomic E-state index is 0.0179. The summed E-state index contributed by atoms with van der Waals surface area (Å²) in [5.74, 6) is 0.314. The fourth-order valence-corrected chi connectivity index (χ4v) is 3.60. The van der Waals surface area contributed by atoms with Gasteiger partial charge in [-0.1, -0.05) is 32.9 Å². The predicted molar refractivity (Wildman–Crippen MR) is 104 cm³/mol. The van der Waals surface area contributed by atoms with E-state index in [2.05, 4.69) is 26.1 Å². The van der Waals surface area contributed by atoms with Crippen LogP contribution in [0.15, 0.2) is 18.2 Å². The number of carbonyl (C=O) groups is 3. The highest BCUT2D eigenvalue weighted by Gasteiger charge is 2.27. The lowest BCUT2D eigenvalue weighted by molar-refractivity contribution is -0.140. The topological polar surface area (TPSA) is 69.7 Å². The Balaban J connectivity index is 1.53. The molecular formula is C21H29N3O3. The maximum atomic E-state index is 12.6. The number of fused-ring (bicyclic) bond motifs is 1. The number of nitrogens with one attached hydrogen (secondary N) is 1. The number of aryl methyl sites for hydroxylation is 1. The van der Waals surface area contributed by atoms with Gasteiger partial charge in [0.15, 0.2) is 0 Å². The first-order valence-corrected chi connectivity index (χ1v) is 9.68. The molecule has 3 amide bonds. The monoisotopic (exact) mass is 371 g/mol. The van der Waals surface area contributed by atoms with Crippen molar-refractivity contribution in [1.82, 2.24) is 9.80 Å². The number of hydrogen-bond donors (Lipinski definition) is 1. The summed E-state index contributed by atoms with van der Waals surface area (Å²) in [4.78, 5) is 40.1. The number of carbonyl (C=O) groups excluding carboxylic acids is 3. The molecule has 2 heterocycles. The third kappa shape index (κ3) is 5.08. The van der Waals surface area contributed by atoms with Crippen molar-refractivity contribution in [3.05, 3.63) is 29.3 Å². The molecule has 2 aliphatic heterocycles. The average Bonchev–Trinajstić information content (AvgIpc) is 2.60. The van der Waals surface area contributed by atoms with Crippen molar-refractivity contribution in [2.75, 3.05) is 31.5 Å². The molecule has 1 aromatic rings. The van der Waals surface area contributed by atoms with Gasteiger partial charge in [-0.05, 0) is 29.0 Å². The van der Waals surface area contributed by atoms with Gasteiger partial charge in [0.05, 0.1) is 6.42 Å². The minimum Gasteiger partial charge on any atom is -0.339 e. The predicted octanol–water partition coefficient (Wildman–Crippen LogP) is 2.22. The second-order valence-electron chi connectivity index (χ2n) is 8.72. The van der Waals surface area contributed by atoms with Gasteiger partial charge < -0.3 is 15.1 Å². The molecule has 0 bridgehead atoms. The maximum Gasteiger partial charge on any atom is 0.227 e. The van der Waals surface area contributed by atoms with Gasteiger partial charge in [-0.15, -0.1) is 0 Å². The Labute approximate surface area is 160 Å². The van der Waals surface area contributed by atoms with Crippen LogP contribution < -0.4 is 5.32 Å². The van der Waals surface area contributed by atoms with E-state index >= 15 is 0 Å². The summed E-state index contributed by atoms with van der Waals surface area (Å²) >= 11 is 0. The van der Waals surface area contributed by atoms with E-state index in [1.54, 1.807) is 0 Å². The normalized spacial score (nSPS) is 17.4. The largest absolute Gasteiger partial charge is 0.339 e. The van der Waals surface area contributed by atoms with Crippen LogP contribution in [0.5, 0.6) is 0 Å². The van der Waals surface area contributed by atoms with Crippen molar-refractivity contribution in [2.45, 2.75) is 46.5 Å². The first kappa shape index (κ1) is 19.4. The highest BCUT2D eigenvalue weighted by Crippen LogP contribution is 2.24. The molecule has 0 aromatic heterocycles. The SMILES string of the molecule is CC(C)(C)CC(=O)N1CCN(C(=O)Cc2ccc3c(c2)CCC(=O)N3)CC1. The summed E-state index contributed by atoms with van der Waals surface area (Å²) in [5, 5.41) is 2.86. The molecule has 0 atom stereocenters. The molecule has 1 saturated heterocycles. The number of hydrogen-bond acceptors (Lipinski definition) is 3. The molecule has 1 aromatic carbocycles. The highest BCUT2D eigenvalue weighted by atomic mass is 16.2. The van der Waals surface area contributed by atoms with Crippen molar-refractivity contribution in [1.29, 1.82) is 0 Å². The third-order valence-corrected chi connectivity index (χ3v) is 5.09. The van der Waals surface area contributed by atoms with Crippen LogP contribution in [0.25, 0.3) is 0 Å². The van der Waals surface area contributed by atoms with Crippen LogP contribution in [0.4, 0.5) is 5.69 Å². The van der Waals surface area contributed by atoms with Crippen LogP contribution >= 0.6 is 0 Å². The molecule has 0 radical (unpaired) electrons. The van der Waals surface area contributed by atoms with E-state index in [4.69, 9.17) is 0 Å².